The van der Waals surface area contributed by atoms with Crippen molar-refractivity contribution in [1.29, 1.82) is 0 Å². The Morgan fingerprint density at radius 3 is 2.67 bits per heavy atom. The molecule has 9 heteroatoms. The number of benzene rings is 1. The highest BCUT2D eigenvalue weighted by Crippen LogP contribution is 2.29. The Balaban J connectivity index is 2.16. The normalized spacial score (nSPS) is 11.5. The standard InChI is InChI=1S/C15H18ClN3O4S/c1-10-8-13(23-3)12(16)9-14(10)24(21,22)17-6-7-19-15(20)5-4-11(2)18-19/h4-5,8-9,17H,6-7H2,1-3H3. The van der Waals surface area contributed by atoms with Gasteiger partial charge < -0.3 is 4.74 Å². The minimum Gasteiger partial charge on any atom is -0.495 e. The summed E-state index contributed by atoms with van der Waals surface area (Å²) in [5.41, 5.74) is 0.897. The van der Waals surface area contributed by atoms with Crippen molar-refractivity contribution in [2.45, 2.75) is 25.3 Å². The summed E-state index contributed by atoms with van der Waals surface area (Å²) in [6.07, 6.45) is 0. The maximum Gasteiger partial charge on any atom is 0.266 e. The molecule has 0 saturated carbocycles. The summed E-state index contributed by atoms with van der Waals surface area (Å²) in [5.74, 6) is 0.406. The maximum absolute atomic E-state index is 12.4. The van der Waals surface area contributed by atoms with E-state index in [9.17, 15) is 13.2 Å². The fourth-order valence-electron chi connectivity index (χ4n) is 2.16. The molecule has 0 amide bonds. The third-order valence-corrected chi connectivity index (χ3v) is 5.25. The first-order chi connectivity index (χ1) is 11.2. The number of aromatic nitrogens is 2. The average molecular weight is 372 g/mol. The van der Waals surface area contributed by atoms with Crippen molar-refractivity contribution in [2.75, 3.05) is 13.7 Å². The summed E-state index contributed by atoms with van der Waals surface area (Å²) in [4.78, 5) is 11.7. The van der Waals surface area contributed by atoms with Crippen molar-refractivity contribution in [3.63, 3.8) is 0 Å². The van der Waals surface area contributed by atoms with Crippen LogP contribution in [-0.2, 0) is 16.6 Å². The molecule has 0 aliphatic rings. The van der Waals surface area contributed by atoms with Crippen LogP contribution in [0.5, 0.6) is 5.75 Å². The van der Waals surface area contributed by atoms with Gasteiger partial charge in [-0.1, -0.05) is 11.6 Å². The van der Waals surface area contributed by atoms with E-state index in [-0.39, 0.29) is 28.6 Å². The second-order valence-electron chi connectivity index (χ2n) is 5.19. The number of sulfonamides is 1. The highest BCUT2D eigenvalue weighted by molar-refractivity contribution is 7.89. The molecule has 0 spiro atoms. The topological polar surface area (TPSA) is 90.3 Å². The summed E-state index contributed by atoms with van der Waals surface area (Å²) < 4.78 is 33.6. The van der Waals surface area contributed by atoms with Gasteiger partial charge in [0.05, 0.1) is 29.3 Å². The van der Waals surface area contributed by atoms with Crippen LogP contribution in [0.2, 0.25) is 5.02 Å². The van der Waals surface area contributed by atoms with Crippen LogP contribution in [0.25, 0.3) is 0 Å². The number of nitrogens with one attached hydrogen (secondary N) is 1. The van der Waals surface area contributed by atoms with Crippen molar-refractivity contribution in [3.8, 4) is 5.75 Å². The van der Waals surface area contributed by atoms with E-state index in [2.05, 4.69) is 9.82 Å². The van der Waals surface area contributed by atoms with E-state index in [1.54, 1.807) is 26.0 Å². The van der Waals surface area contributed by atoms with E-state index in [0.717, 1.165) is 0 Å². The molecule has 2 rings (SSSR count). The summed E-state index contributed by atoms with van der Waals surface area (Å²) in [7, 11) is -2.31. The molecule has 1 N–H and O–H groups in total. The van der Waals surface area contributed by atoms with E-state index >= 15 is 0 Å². The molecule has 0 aliphatic heterocycles. The molecule has 0 aliphatic carbocycles. The highest BCUT2D eigenvalue weighted by atomic mass is 35.5. The van der Waals surface area contributed by atoms with Gasteiger partial charge in [0.1, 0.15) is 5.75 Å². The molecule has 130 valence electrons. The molecule has 0 saturated heterocycles. The van der Waals surface area contributed by atoms with Gasteiger partial charge >= 0.3 is 0 Å². The molecular weight excluding hydrogens is 354 g/mol. The molecule has 0 unspecified atom stereocenters. The SMILES string of the molecule is COc1cc(C)c(S(=O)(=O)NCCn2nc(C)ccc2=O)cc1Cl. The van der Waals surface area contributed by atoms with Gasteiger partial charge in [0, 0.05) is 12.6 Å². The van der Waals surface area contributed by atoms with Gasteiger partial charge in [-0.2, -0.15) is 5.10 Å². The number of ether oxygens (including phenoxy) is 1. The molecule has 1 aromatic carbocycles. The molecule has 0 atom stereocenters. The minimum atomic E-state index is -3.76. The highest BCUT2D eigenvalue weighted by Gasteiger charge is 2.19. The number of nitrogens with zero attached hydrogens (tertiary/aromatic N) is 2. The van der Waals surface area contributed by atoms with Crippen LogP contribution in [0, 0.1) is 13.8 Å². The predicted molar refractivity (Wildman–Crippen MR) is 91.2 cm³/mol. The van der Waals surface area contributed by atoms with Crippen LogP contribution < -0.4 is 15.0 Å². The molecule has 0 radical (unpaired) electrons. The monoisotopic (exact) mass is 371 g/mol. The van der Waals surface area contributed by atoms with E-state index in [1.165, 1.54) is 23.9 Å². The Kier molecular flexibility index (Phi) is 5.63. The Morgan fingerprint density at radius 1 is 1.29 bits per heavy atom. The number of methoxy groups -OCH3 is 1. The third-order valence-electron chi connectivity index (χ3n) is 3.35. The van der Waals surface area contributed by atoms with Crippen LogP contribution in [0.1, 0.15) is 11.3 Å². The number of rotatable bonds is 6. The largest absolute Gasteiger partial charge is 0.495 e. The minimum absolute atomic E-state index is 0.0295. The summed E-state index contributed by atoms with van der Waals surface area (Å²) in [6, 6.07) is 5.90. The fourth-order valence-corrected chi connectivity index (χ4v) is 3.73. The van der Waals surface area contributed by atoms with Crippen molar-refractivity contribution in [1.82, 2.24) is 14.5 Å². The Morgan fingerprint density at radius 2 is 2.00 bits per heavy atom. The van der Waals surface area contributed by atoms with E-state index < -0.39 is 10.0 Å². The van der Waals surface area contributed by atoms with Crippen molar-refractivity contribution >= 4 is 21.6 Å². The van der Waals surface area contributed by atoms with E-state index in [1.807, 2.05) is 0 Å². The smallest absolute Gasteiger partial charge is 0.266 e. The molecule has 7 nitrogen and oxygen atoms in total. The molecular formula is C15H18ClN3O4S. The van der Waals surface area contributed by atoms with Crippen LogP contribution >= 0.6 is 11.6 Å². The lowest BCUT2D eigenvalue weighted by Gasteiger charge is -2.12. The van der Waals surface area contributed by atoms with Gasteiger partial charge in [0.15, 0.2) is 0 Å². The molecule has 24 heavy (non-hydrogen) atoms. The van der Waals surface area contributed by atoms with Gasteiger partial charge in [-0.25, -0.2) is 17.8 Å². The number of halogens is 1. The first-order valence-corrected chi connectivity index (χ1v) is 8.99. The number of hydrogen-bond acceptors (Lipinski definition) is 5. The molecule has 0 fully saturated rings. The van der Waals surface area contributed by atoms with Gasteiger partial charge in [0.25, 0.3) is 5.56 Å². The number of aryl methyl sites for hydroxylation is 2. The molecule has 1 heterocycles. The third kappa shape index (κ3) is 4.14. The Labute approximate surface area is 145 Å². The summed E-state index contributed by atoms with van der Waals surface area (Å²) >= 11 is 6.00. The lowest BCUT2D eigenvalue weighted by atomic mass is 10.2. The van der Waals surface area contributed by atoms with Crippen molar-refractivity contribution in [3.05, 3.63) is 50.9 Å². The fraction of sp³-hybridized carbons (Fsp3) is 0.333. The zero-order valence-corrected chi connectivity index (χ0v) is 15.1. The zero-order valence-electron chi connectivity index (χ0n) is 13.5. The molecule has 1 aromatic heterocycles. The van der Waals surface area contributed by atoms with Gasteiger partial charge in [-0.05, 0) is 37.6 Å². The van der Waals surface area contributed by atoms with Crippen LogP contribution in [0.15, 0.2) is 34.0 Å². The van der Waals surface area contributed by atoms with Crippen molar-refractivity contribution < 1.29 is 13.2 Å². The first-order valence-electron chi connectivity index (χ1n) is 7.13. The predicted octanol–water partition coefficient (Wildman–Crippen LogP) is 1.50. The van der Waals surface area contributed by atoms with Crippen LogP contribution in [-0.4, -0.2) is 31.9 Å². The summed E-state index contributed by atoms with van der Waals surface area (Å²) in [6.45, 7) is 3.56. The van der Waals surface area contributed by atoms with Gasteiger partial charge in [0.2, 0.25) is 10.0 Å². The Hall–Kier alpha value is -1.90. The zero-order chi connectivity index (χ0) is 17.9. The van der Waals surface area contributed by atoms with Gasteiger partial charge in [-0.3, -0.25) is 4.79 Å². The second-order valence-corrected chi connectivity index (χ2v) is 7.33. The molecule has 2 aromatic rings. The lowest BCUT2D eigenvalue weighted by molar-refractivity contribution is 0.414. The number of hydrogen-bond donors (Lipinski definition) is 1. The average Bonchev–Trinajstić information content (AvgIpc) is 2.52. The van der Waals surface area contributed by atoms with Crippen LogP contribution in [0.4, 0.5) is 0 Å². The first kappa shape index (κ1) is 18.4. The van der Waals surface area contributed by atoms with Crippen LogP contribution in [0.3, 0.4) is 0 Å². The van der Waals surface area contributed by atoms with E-state index in [0.29, 0.717) is 17.0 Å². The second kappa shape index (κ2) is 7.33. The maximum atomic E-state index is 12.4. The van der Waals surface area contributed by atoms with Crippen molar-refractivity contribution in [2.24, 2.45) is 0 Å². The van der Waals surface area contributed by atoms with Gasteiger partial charge in [-0.15, -0.1) is 0 Å². The quantitative estimate of drug-likeness (QED) is 0.831. The van der Waals surface area contributed by atoms with E-state index in [4.69, 9.17) is 16.3 Å². The Bertz CT molecular complexity index is 909. The molecule has 0 bridgehead atoms. The lowest BCUT2D eigenvalue weighted by Crippen LogP contribution is -2.32. The summed E-state index contributed by atoms with van der Waals surface area (Å²) in [5, 5.41) is 4.26.